The minimum absolute atomic E-state index is 0.0304. The first-order valence-corrected chi connectivity index (χ1v) is 10.8. The lowest BCUT2D eigenvalue weighted by Gasteiger charge is -2.32. The average Bonchev–Trinajstić information content (AvgIpc) is 3.42. The van der Waals surface area contributed by atoms with Gasteiger partial charge >= 0.3 is 0 Å². The Morgan fingerprint density at radius 1 is 1.17 bits per heavy atom. The van der Waals surface area contributed by atoms with Gasteiger partial charge in [0.1, 0.15) is 5.82 Å². The predicted molar refractivity (Wildman–Crippen MR) is 110 cm³/mol. The van der Waals surface area contributed by atoms with E-state index in [2.05, 4.69) is 15.6 Å². The normalized spacial score (nSPS) is 18.0. The van der Waals surface area contributed by atoms with Crippen LogP contribution in [0.4, 0.5) is 4.39 Å². The number of nitrogens with zero attached hydrogens (tertiary/aromatic N) is 4. The third-order valence-electron chi connectivity index (χ3n) is 5.98. The number of carbonyl (C=O) groups excluding carboxylic acids is 2. The molecule has 4 rings (SSSR count). The molecule has 1 saturated carbocycles. The van der Waals surface area contributed by atoms with Crippen LogP contribution in [-0.4, -0.2) is 50.8 Å². The maximum absolute atomic E-state index is 13.2. The summed E-state index contributed by atoms with van der Waals surface area (Å²) in [5.74, 6) is -0.616. The quantitative estimate of drug-likeness (QED) is 0.785. The van der Waals surface area contributed by atoms with E-state index in [1.165, 1.54) is 12.1 Å². The molecule has 1 aromatic carbocycles. The number of halogens is 2. The molecule has 30 heavy (non-hydrogen) atoms. The summed E-state index contributed by atoms with van der Waals surface area (Å²) in [7, 11) is 0. The Kier molecular flexibility index (Phi) is 6.32. The van der Waals surface area contributed by atoms with Gasteiger partial charge in [0.2, 0.25) is 5.91 Å². The number of hydrogen-bond acceptors (Lipinski definition) is 4. The zero-order valence-electron chi connectivity index (χ0n) is 16.7. The number of hydrogen-bond donors (Lipinski definition) is 1. The van der Waals surface area contributed by atoms with Gasteiger partial charge in [0.15, 0.2) is 5.69 Å². The zero-order chi connectivity index (χ0) is 21.1. The molecule has 0 unspecified atom stereocenters. The van der Waals surface area contributed by atoms with Crippen LogP contribution in [0.15, 0.2) is 24.4 Å². The summed E-state index contributed by atoms with van der Waals surface area (Å²) in [6.45, 7) is 1.18. The number of amides is 2. The predicted octanol–water partition coefficient (Wildman–Crippen LogP) is 3.15. The number of rotatable bonds is 5. The molecule has 160 valence electrons. The molecule has 1 N–H and O–H groups in total. The van der Waals surface area contributed by atoms with Gasteiger partial charge in [-0.25, -0.2) is 9.07 Å². The van der Waals surface area contributed by atoms with Crippen molar-refractivity contribution in [1.29, 1.82) is 0 Å². The monoisotopic (exact) mass is 433 g/mol. The number of carbonyl (C=O) groups is 2. The van der Waals surface area contributed by atoms with Crippen LogP contribution in [0.3, 0.4) is 0 Å². The molecule has 9 heteroatoms. The molecule has 0 spiro atoms. The molecule has 0 bridgehead atoms. The number of piperidine rings is 1. The number of benzene rings is 1. The third-order valence-corrected chi connectivity index (χ3v) is 6.33. The maximum Gasteiger partial charge on any atom is 0.273 e. The number of nitrogens with one attached hydrogen (secondary N) is 1. The van der Waals surface area contributed by atoms with E-state index < -0.39 is 5.82 Å². The van der Waals surface area contributed by atoms with E-state index in [0.29, 0.717) is 24.3 Å². The van der Waals surface area contributed by atoms with Crippen LogP contribution in [0.5, 0.6) is 0 Å². The highest BCUT2D eigenvalue weighted by molar-refractivity contribution is 6.31. The Hall–Kier alpha value is -2.48. The molecular weight excluding hydrogens is 409 g/mol. The van der Waals surface area contributed by atoms with E-state index in [9.17, 15) is 14.0 Å². The van der Waals surface area contributed by atoms with Crippen LogP contribution in [0.2, 0.25) is 5.02 Å². The van der Waals surface area contributed by atoms with Gasteiger partial charge in [-0.15, -0.1) is 5.10 Å². The standard InChI is InChI=1S/C21H25ClFN5O2/c22-18-12-15(23)6-5-14(18)11-20(29)27-9-7-17(8-10-27)28-13-19(25-26-28)21(30)24-16-3-1-2-4-16/h5-6,12-13,16-17H,1-4,7-11H2,(H,24,30). The van der Waals surface area contributed by atoms with Gasteiger partial charge in [-0.1, -0.05) is 35.7 Å². The summed E-state index contributed by atoms with van der Waals surface area (Å²) < 4.78 is 14.9. The molecule has 0 atom stereocenters. The van der Waals surface area contributed by atoms with Crippen molar-refractivity contribution in [3.63, 3.8) is 0 Å². The lowest BCUT2D eigenvalue weighted by Crippen LogP contribution is -2.40. The average molecular weight is 434 g/mol. The van der Waals surface area contributed by atoms with Crippen molar-refractivity contribution in [3.8, 4) is 0 Å². The van der Waals surface area contributed by atoms with Crippen LogP contribution in [0.25, 0.3) is 0 Å². The van der Waals surface area contributed by atoms with Crippen molar-refractivity contribution >= 4 is 23.4 Å². The molecule has 1 aliphatic carbocycles. The highest BCUT2D eigenvalue weighted by Gasteiger charge is 2.26. The minimum Gasteiger partial charge on any atom is -0.348 e. The molecule has 1 aromatic heterocycles. The molecule has 2 amide bonds. The van der Waals surface area contributed by atoms with Gasteiger partial charge in [0.25, 0.3) is 5.91 Å². The first-order valence-electron chi connectivity index (χ1n) is 10.4. The van der Waals surface area contributed by atoms with Gasteiger partial charge in [-0.05, 0) is 43.4 Å². The second-order valence-corrected chi connectivity index (χ2v) is 8.47. The molecule has 2 aromatic rings. The topological polar surface area (TPSA) is 80.1 Å². The fourth-order valence-electron chi connectivity index (χ4n) is 4.21. The zero-order valence-corrected chi connectivity index (χ0v) is 17.4. The lowest BCUT2D eigenvalue weighted by atomic mass is 10.0. The smallest absolute Gasteiger partial charge is 0.273 e. The van der Waals surface area contributed by atoms with Crippen LogP contribution in [-0.2, 0) is 11.2 Å². The largest absolute Gasteiger partial charge is 0.348 e. The van der Waals surface area contributed by atoms with Gasteiger partial charge in [-0.3, -0.25) is 9.59 Å². The summed E-state index contributed by atoms with van der Waals surface area (Å²) >= 11 is 6.04. The summed E-state index contributed by atoms with van der Waals surface area (Å²) in [5.41, 5.74) is 0.964. The van der Waals surface area contributed by atoms with E-state index in [4.69, 9.17) is 11.6 Å². The Labute approximate surface area is 179 Å². The second-order valence-electron chi connectivity index (χ2n) is 8.06. The van der Waals surface area contributed by atoms with Gasteiger partial charge in [0, 0.05) is 24.2 Å². The van der Waals surface area contributed by atoms with Gasteiger partial charge in [0.05, 0.1) is 18.7 Å². The van der Waals surface area contributed by atoms with Crippen molar-refractivity contribution in [1.82, 2.24) is 25.2 Å². The van der Waals surface area contributed by atoms with Crippen molar-refractivity contribution < 1.29 is 14.0 Å². The highest BCUT2D eigenvalue weighted by Crippen LogP contribution is 2.24. The van der Waals surface area contributed by atoms with Crippen LogP contribution in [0.1, 0.15) is 60.6 Å². The van der Waals surface area contributed by atoms with Crippen molar-refractivity contribution in [3.05, 3.63) is 46.5 Å². The first-order chi connectivity index (χ1) is 14.5. The van der Waals surface area contributed by atoms with E-state index in [1.54, 1.807) is 21.8 Å². The van der Waals surface area contributed by atoms with E-state index >= 15 is 0 Å². The van der Waals surface area contributed by atoms with Crippen molar-refractivity contribution in [2.24, 2.45) is 0 Å². The Balaban J connectivity index is 1.29. The molecule has 0 radical (unpaired) electrons. The molecule has 1 saturated heterocycles. The van der Waals surface area contributed by atoms with Crippen LogP contribution >= 0.6 is 11.6 Å². The summed E-state index contributed by atoms with van der Waals surface area (Å²) in [5, 5.41) is 11.5. The van der Waals surface area contributed by atoms with E-state index in [-0.39, 0.29) is 35.3 Å². The highest BCUT2D eigenvalue weighted by atomic mass is 35.5. The van der Waals surface area contributed by atoms with E-state index in [0.717, 1.165) is 38.5 Å². The van der Waals surface area contributed by atoms with E-state index in [1.807, 2.05) is 0 Å². The molecular formula is C21H25ClFN5O2. The molecule has 1 aliphatic heterocycles. The summed E-state index contributed by atoms with van der Waals surface area (Å²) in [4.78, 5) is 26.7. The molecule has 2 fully saturated rings. The lowest BCUT2D eigenvalue weighted by molar-refractivity contribution is -0.131. The number of likely N-dealkylation sites (tertiary alicyclic amines) is 1. The van der Waals surface area contributed by atoms with Gasteiger partial charge < -0.3 is 10.2 Å². The Bertz CT molecular complexity index is 920. The number of aromatic nitrogens is 3. The summed E-state index contributed by atoms with van der Waals surface area (Å²) in [6.07, 6.45) is 7.67. The first kappa shape index (κ1) is 20.8. The fraction of sp³-hybridized carbons (Fsp3) is 0.524. The van der Waals surface area contributed by atoms with Crippen molar-refractivity contribution in [2.45, 2.75) is 57.0 Å². The molecule has 2 aliphatic rings. The SMILES string of the molecule is O=C(NC1CCCC1)c1cn(C2CCN(C(=O)Cc3ccc(F)cc3Cl)CC2)nn1. The van der Waals surface area contributed by atoms with Crippen LogP contribution < -0.4 is 5.32 Å². The van der Waals surface area contributed by atoms with Crippen LogP contribution in [0, 0.1) is 5.82 Å². The summed E-state index contributed by atoms with van der Waals surface area (Å²) in [6, 6.07) is 4.43. The van der Waals surface area contributed by atoms with Gasteiger partial charge in [-0.2, -0.15) is 0 Å². The van der Waals surface area contributed by atoms with Crippen molar-refractivity contribution in [2.75, 3.05) is 13.1 Å². The fourth-order valence-corrected chi connectivity index (χ4v) is 4.44. The Morgan fingerprint density at radius 2 is 1.90 bits per heavy atom. The molecule has 7 nitrogen and oxygen atoms in total. The second kappa shape index (κ2) is 9.12. The third kappa shape index (κ3) is 4.80. The molecule has 2 heterocycles. The Morgan fingerprint density at radius 3 is 2.60 bits per heavy atom. The minimum atomic E-state index is -0.416. The maximum atomic E-state index is 13.2.